The van der Waals surface area contributed by atoms with Crippen LogP contribution in [0.3, 0.4) is 0 Å². The van der Waals surface area contributed by atoms with Crippen LogP contribution in [0.15, 0.2) is 40.9 Å². The summed E-state index contributed by atoms with van der Waals surface area (Å²) < 4.78 is 26.2. The topological polar surface area (TPSA) is 58.2 Å². The molecule has 0 radical (unpaired) electrons. The lowest BCUT2D eigenvalue weighted by molar-refractivity contribution is -0.118. The lowest BCUT2D eigenvalue weighted by atomic mass is 10.1. The van der Waals surface area contributed by atoms with Crippen molar-refractivity contribution in [2.75, 3.05) is 10.6 Å². The molecule has 1 fully saturated rings. The maximum atomic E-state index is 13.4. The summed E-state index contributed by atoms with van der Waals surface area (Å²) in [6.45, 7) is 1.35. The van der Waals surface area contributed by atoms with E-state index >= 15 is 0 Å². The van der Waals surface area contributed by atoms with Crippen LogP contribution >= 0.6 is 62.3 Å². The quantitative estimate of drug-likeness (QED) is 0.300. The Morgan fingerprint density at radius 2 is 1.82 bits per heavy atom. The van der Waals surface area contributed by atoms with E-state index in [1.165, 1.54) is 19.1 Å². The largest absolute Gasteiger partial charge is 0.326 e. The summed E-state index contributed by atoms with van der Waals surface area (Å²) in [6.07, 6.45) is -1.28. The summed E-state index contributed by atoms with van der Waals surface area (Å²) in [7, 11) is 0. The van der Waals surface area contributed by atoms with E-state index in [4.69, 9.17) is 46.4 Å². The molecule has 0 bridgehead atoms. The van der Waals surface area contributed by atoms with Gasteiger partial charge in [-0.2, -0.15) is 0 Å². The molecule has 2 N–H and O–H groups in total. The van der Waals surface area contributed by atoms with Gasteiger partial charge in [-0.25, -0.2) is 8.78 Å². The molecule has 0 saturated heterocycles. The van der Waals surface area contributed by atoms with Gasteiger partial charge in [-0.15, -0.1) is 23.2 Å². The Balaban J connectivity index is 1.68. The van der Waals surface area contributed by atoms with Gasteiger partial charge in [0.05, 0.1) is 16.6 Å². The zero-order chi connectivity index (χ0) is 24.6. The van der Waals surface area contributed by atoms with Crippen molar-refractivity contribution < 1.29 is 18.4 Å². The molecule has 2 aromatic carbocycles. The Kier molecular flexibility index (Phi) is 8.22. The Bertz CT molecular complexity index is 1060. The summed E-state index contributed by atoms with van der Waals surface area (Å²) in [5, 5.41) is 5.88. The fourth-order valence-electron chi connectivity index (χ4n) is 3.43. The van der Waals surface area contributed by atoms with Crippen molar-refractivity contribution in [1.82, 2.24) is 0 Å². The Labute approximate surface area is 218 Å². The normalized spacial score (nSPS) is 19.2. The second kappa shape index (κ2) is 10.2. The molecule has 2 amide bonds. The van der Waals surface area contributed by atoms with Crippen LogP contribution in [0.4, 0.5) is 20.2 Å². The summed E-state index contributed by atoms with van der Waals surface area (Å²) in [5.74, 6) is -5.16. The van der Waals surface area contributed by atoms with E-state index < -0.39 is 40.3 Å². The van der Waals surface area contributed by atoms with Gasteiger partial charge in [0.1, 0.15) is 4.33 Å². The highest BCUT2D eigenvalue weighted by atomic mass is 79.9. The minimum absolute atomic E-state index is 0.188. The maximum Gasteiger partial charge on any atom is 0.248 e. The smallest absolute Gasteiger partial charge is 0.248 e. The number of alkyl halides is 4. The summed E-state index contributed by atoms with van der Waals surface area (Å²) in [6, 6.07) is 9.65. The SMILES string of the molecule is CCC(F)(F)CCC(=O)Nc1cc(NC(=O)C2C(c3cc(Cl)cc(Br)c3)C2(Cl)Cl)ccc1Cl. The van der Waals surface area contributed by atoms with E-state index in [-0.39, 0.29) is 23.6 Å². The Hall–Kier alpha value is -1.12. The maximum absolute atomic E-state index is 13.4. The van der Waals surface area contributed by atoms with Gasteiger partial charge in [0.2, 0.25) is 17.7 Å². The van der Waals surface area contributed by atoms with Crippen molar-refractivity contribution in [3.05, 3.63) is 56.5 Å². The van der Waals surface area contributed by atoms with Crippen LogP contribution < -0.4 is 10.6 Å². The molecule has 0 aliphatic heterocycles. The van der Waals surface area contributed by atoms with E-state index in [1.54, 1.807) is 24.3 Å². The minimum Gasteiger partial charge on any atom is -0.326 e. The summed E-state index contributed by atoms with van der Waals surface area (Å²) in [5.41, 5.74) is 1.24. The highest BCUT2D eigenvalue weighted by Gasteiger charge is 2.67. The van der Waals surface area contributed by atoms with Crippen LogP contribution in [0.5, 0.6) is 0 Å². The van der Waals surface area contributed by atoms with Crippen molar-refractivity contribution in [1.29, 1.82) is 0 Å². The molecule has 11 heteroatoms. The molecule has 4 nitrogen and oxygen atoms in total. The number of hydrogen-bond acceptors (Lipinski definition) is 2. The first-order valence-corrected chi connectivity index (χ1v) is 12.3. The lowest BCUT2D eigenvalue weighted by Crippen LogP contribution is -2.20. The third-order valence-corrected chi connectivity index (χ3v) is 7.27. The number of amides is 2. The molecule has 178 valence electrons. The fourth-order valence-corrected chi connectivity index (χ4v) is 5.31. The van der Waals surface area contributed by atoms with Gasteiger partial charge in [0.25, 0.3) is 0 Å². The van der Waals surface area contributed by atoms with Gasteiger partial charge in [0.15, 0.2) is 0 Å². The standard InChI is InChI=1S/C22H19BrCl4F2N2O2/c1-2-21(28,29)6-5-17(32)31-16-10-14(3-4-15(16)25)30-20(33)19-18(22(19,26)27)11-7-12(23)9-13(24)8-11/h3-4,7-10,18-19H,2,5-6H2,1H3,(H,30,33)(H,31,32). The highest BCUT2D eigenvalue weighted by Crippen LogP contribution is 2.65. The molecule has 3 rings (SSSR count). The predicted molar refractivity (Wildman–Crippen MR) is 133 cm³/mol. The first-order chi connectivity index (χ1) is 15.3. The second-order valence-corrected chi connectivity index (χ2v) is 11.0. The van der Waals surface area contributed by atoms with Gasteiger partial charge in [0, 0.05) is 40.4 Å². The molecule has 1 saturated carbocycles. The van der Waals surface area contributed by atoms with E-state index in [9.17, 15) is 18.4 Å². The molecule has 2 aromatic rings. The molecule has 33 heavy (non-hydrogen) atoms. The number of halogens is 7. The molecule has 1 aliphatic rings. The van der Waals surface area contributed by atoms with Crippen LogP contribution in [0.2, 0.25) is 10.0 Å². The van der Waals surface area contributed by atoms with Crippen LogP contribution in [-0.2, 0) is 9.59 Å². The molecule has 2 atom stereocenters. The fraction of sp³-hybridized carbons (Fsp3) is 0.364. The van der Waals surface area contributed by atoms with E-state index in [2.05, 4.69) is 26.6 Å². The zero-order valence-corrected chi connectivity index (χ0v) is 21.8. The lowest BCUT2D eigenvalue weighted by Gasteiger charge is -2.14. The van der Waals surface area contributed by atoms with E-state index in [1.807, 2.05) is 0 Å². The number of nitrogens with one attached hydrogen (secondary N) is 2. The summed E-state index contributed by atoms with van der Waals surface area (Å²) >= 11 is 28.3. The number of anilines is 2. The molecular formula is C22H19BrCl4F2N2O2. The van der Waals surface area contributed by atoms with Crippen molar-refractivity contribution in [3.63, 3.8) is 0 Å². The zero-order valence-electron chi connectivity index (χ0n) is 17.2. The summed E-state index contributed by atoms with van der Waals surface area (Å²) in [4.78, 5) is 25.0. The average molecular weight is 603 g/mol. The Morgan fingerprint density at radius 1 is 1.12 bits per heavy atom. The first-order valence-electron chi connectivity index (χ1n) is 9.96. The third kappa shape index (κ3) is 6.51. The van der Waals surface area contributed by atoms with E-state index in [0.29, 0.717) is 16.3 Å². The van der Waals surface area contributed by atoms with Crippen molar-refractivity contribution >= 4 is 85.5 Å². The number of carbonyl (C=O) groups excluding carboxylic acids is 2. The van der Waals surface area contributed by atoms with Gasteiger partial charge < -0.3 is 10.6 Å². The molecule has 2 unspecified atom stereocenters. The number of carbonyl (C=O) groups is 2. The Morgan fingerprint density at radius 3 is 2.45 bits per heavy atom. The van der Waals surface area contributed by atoms with Crippen LogP contribution in [0.1, 0.15) is 37.7 Å². The predicted octanol–water partition coefficient (Wildman–Crippen LogP) is 8.05. The van der Waals surface area contributed by atoms with Gasteiger partial charge >= 0.3 is 0 Å². The van der Waals surface area contributed by atoms with Crippen molar-refractivity contribution in [2.45, 2.75) is 42.4 Å². The van der Waals surface area contributed by atoms with Gasteiger partial charge in [-0.1, -0.05) is 46.1 Å². The van der Waals surface area contributed by atoms with E-state index in [0.717, 1.165) is 4.47 Å². The number of rotatable bonds is 8. The van der Waals surface area contributed by atoms with Gasteiger partial charge in [-0.05, 0) is 42.0 Å². The highest BCUT2D eigenvalue weighted by molar-refractivity contribution is 9.10. The molecular weight excluding hydrogens is 584 g/mol. The van der Waals surface area contributed by atoms with Crippen LogP contribution in [-0.4, -0.2) is 22.1 Å². The molecule has 0 spiro atoms. The molecule has 0 heterocycles. The van der Waals surface area contributed by atoms with Crippen molar-refractivity contribution in [3.8, 4) is 0 Å². The molecule has 0 aromatic heterocycles. The van der Waals surface area contributed by atoms with Gasteiger partial charge in [-0.3, -0.25) is 9.59 Å². The average Bonchev–Trinajstić information content (AvgIpc) is 3.30. The minimum atomic E-state index is -2.91. The molecule has 1 aliphatic carbocycles. The number of hydrogen-bond donors (Lipinski definition) is 2. The second-order valence-electron chi connectivity index (χ2n) is 7.77. The van der Waals surface area contributed by atoms with Crippen molar-refractivity contribution in [2.24, 2.45) is 5.92 Å². The number of benzene rings is 2. The monoisotopic (exact) mass is 600 g/mol. The van der Waals surface area contributed by atoms with Crippen LogP contribution in [0.25, 0.3) is 0 Å². The first kappa shape index (κ1) is 26.5. The third-order valence-electron chi connectivity index (χ3n) is 5.32. The van der Waals surface area contributed by atoms with Crippen LogP contribution in [0, 0.1) is 5.92 Å².